The van der Waals surface area contributed by atoms with E-state index in [2.05, 4.69) is 5.32 Å². The topological polar surface area (TPSA) is 64.4 Å². The molecule has 3 unspecified atom stereocenters. The first kappa shape index (κ1) is 13.8. The van der Waals surface area contributed by atoms with Gasteiger partial charge in [0.1, 0.15) is 0 Å². The predicted octanol–water partition coefficient (Wildman–Crippen LogP) is 1.58. The standard InChI is InChI=1S/C14H26N2O2/c15-12-4-1-3-11(9-12)6-7-14(17)16-10-13-5-2-8-18-13/h11-13H,1-10,15H2,(H,16,17). The Kier molecular flexibility index (Phi) is 5.45. The van der Waals surface area contributed by atoms with Crippen LogP contribution in [0, 0.1) is 5.92 Å². The first-order chi connectivity index (χ1) is 8.74. The van der Waals surface area contributed by atoms with Crippen molar-refractivity contribution in [3.8, 4) is 0 Å². The van der Waals surface area contributed by atoms with Crippen LogP contribution in [0.3, 0.4) is 0 Å². The van der Waals surface area contributed by atoms with E-state index in [1.165, 1.54) is 12.8 Å². The highest BCUT2D eigenvalue weighted by Crippen LogP contribution is 2.26. The van der Waals surface area contributed by atoms with E-state index in [0.29, 0.717) is 24.9 Å². The van der Waals surface area contributed by atoms with Crippen molar-refractivity contribution in [2.45, 2.75) is 63.5 Å². The van der Waals surface area contributed by atoms with Gasteiger partial charge in [-0.3, -0.25) is 4.79 Å². The predicted molar refractivity (Wildman–Crippen MR) is 71.2 cm³/mol. The molecule has 0 aromatic rings. The SMILES string of the molecule is NC1CCCC(CCC(=O)NCC2CCCO2)C1. The fourth-order valence-electron chi connectivity index (χ4n) is 3.05. The monoisotopic (exact) mass is 254 g/mol. The summed E-state index contributed by atoms with van der Waals surface area (Å²) in [5.74, 6) is 0.826. The van der Waals surface area contributed by atoms with Crippen LogP contribution in [-0.4, -0.2) is 31.2 Å². The number of nitrogens with one attached hydrogen (secondary N) is 1. The molecule has 1 saturated carbocycles. The van der Waals surface area contributed by atoms with Gasteiger partial charge >= 0.3 is 0 Å². The summed E-state index contributed by atoms with van der Waals surface area (Å²) in [7, 11) is 0. The van der Waals surface area contributed by atoms with Crippen LogP contribution in [0.25, 0.3) is 0 Å². The molecular weight excluding hydrogens is 228 g/mol. The highest BCUT2D eigenvalue weighted by molar-refractivity contribution is 5.75. The summed E-state index contributed by atoms with van der Waals surface area (Å²) < 4.78 is 5.48. The Morgan fingerprint density at radius 2 is 2.17 bits per heavy atom. The number of nitrogens with two attached hydrogens (primary N) is 1. The lowest BCUT2D eigenvalue weighted by molar-refractivity contribution is -0.121. The molecule has 2 fully saturated rings. The smallest absolute Gasteiger partial charge is 0.220 e. The summed E-state index contributed by atoms with van der Waals surface area (Å²) >= 11 is 0. The van der Waals surface area contributed by atoms with Gasteiger partial charge in [0.25, 0.3) is 0 Å². The summed E-state index contributed by atoms with van der Waals surface area (Å²) in [5.41, 5.74) is 5.96. The molecule has 0 bridgehead atoms. The molecule has 2 rings (SSSR count). The minimum absolute atomic E-state index is 0.171. The third-order valence-corrected chi connectivity index (χ3v) is 4.15. The number of amides is 1. The Bertz CT molecular complexity index is 265. The van der Waals surface area contributed by atoms with Gasteiger partial charge in [0.05, 0.1) is 6.10 Å². The van der Waals surface area contributed by atoms with Crippen molar-refractivity contribution >= 4 is 5.91 Å². The van der Waals surface area contributed by atoms with Gasteiger partial charge in [0.15, 0.2) is 0 Å². The van der Waals surface area contributed by atoms with Crippen LogP contribution in [0.2, 0.25) is 0 Å². The van der Waals surface area contributed by atoms with E-state index < -0.39 is 0 Å². The second kappa shape index (κ2) is 7.10. The van der Waals surface area contributed by atoms with E-state index in [1.54, 1.807) is 0 Å². The van der Waals surface area contributed by atoms with Crippen LogP contribution in [0.5, 0.6) is 0 Å². The lowest BCUT2D eigenvalue weighted by Gasteiger charge is -2.26. The number of hydrogen-bond donors (Lipinski definition) is 2. The molecule has 3 N–H and O–H groups in total. The van der Waals surface area contributed by atoms with E-state index in [1.807, 2.05) is 0 Å². The Morgan fingerprint density at radius 3 is 2.89 bits per heavy atom. The van der Waals surface area contributed by atoms with Crippen LogP contribution >= 0.6 is 0 Å². The number of hydrogen-bond acceptors (Lipinski definition) is 3. The summed E-state index contributed by atoms with van der Waals surface area (Å²) in [4.78, 5) is 11.7. The van der Waals surface area contributed by atoms with Crippen molar-refractivity contribution in [1.82, 2.24) is 5.32 Å². The Labute approximate surface area is 110 Å². The average molecular weight is 254 g/mol. The summed E-state index contributed by atoms with van der Waals surface area (Å²) in [6.45, 7) is 1.53. The van der Waals surface area contributed by atoms with Crippen molar-refractivity contribution in [3.63, 3.8) is 0 Å². The third-order valence-electron chi connectivity index (χ3n) is 4.15. The lowest BCUT2D eigenvalue weighted by atomic mass is 9.83. The molecule has 0 aromatic heterocycles. The number of rotatable bonds is 5. The van der Waals surface area contributed by atoms with Crippen LogP contribution in [0.1, 0.15) is 51.4 Å². The first-order valence-corrected chi connectivity index (χ1v) is 7.38. The van der Waals surface area contributed by atoms with E-state index >= 15 is 0 Å². The van der Waals surface area contributed by atoms with Gasteiger partial charge in [-0.05, 0) is 38.0 Å². The van der Waals surface area contributed by atoms with E-state index in [-0.39, 0.29) is 12.0 Å². The molecule has 4 nitrogen and oxygen atoms in total. The molecule has 3 atom stereocenters. The molecule has 0 radical (unpaired) electrons. The minimum Gasteiger partial charge on any atom is -0.376 e. The molecule has 1 aliphatic carbocycles. The summed E-state index contributed by atoms with van der Waals surface area (Å²) in [6, 6.07) is 0.360. The highest BCUT2D eigenvalue weighted by Gasteiger charge is 2.20. The molecule has 1 amide bonds. The molecule has 4 heteroatoms. The fraction of sp³-hybridized carbons (Fsp3) is 0.929. The van der Waals surface area contributed by atoms with Crippen molar-refractivity contribution in [2.75, 3.05) is 13.2 Å². The van der Waals surface area contributed by atoms with Crippen LogP contribution in [0.4, 0.5) is 0 Å². The second-order valence-corrected chi connectivity index (χ2v) is 5.77. The molecule has 2 aliphatic rings. The van der Waals surface area contributed by atoms with Crippen LogP contribution < -0.4 is 11.1 Å². The molecule has 1 saturated heterocycles. The zero-order valence-corrected chi connectivity index (χ0v) is 11.2. The number of carbonyl (C=O) groups excluding carboxylic acids is 1. The Morgan fingerprint density at radius 1 is 1.28 bits per heavy atom. The maximum atomic E-state index is 11.7. The van der Waals surface area contributed by atoms with Gasteiger partial charge < -0.3 is 15.8 Å². The molecule has 104 valence electrons. The molecule has 0 spiro atoms. The second-order valence-electron chi connectivity index (χ2n) is 5.77. The van der Waals surface area contributed by atoms with Gasteiger partial charge in [-0.2, -0.15) is 0 Å². The lowest BCUT2D eigenvalue weighted by Crippen LogP contribution is -2.32. The maximum Gasteiger partial charge on any atom is 0.220 e. The summed E-state index contributed by atoms with van der Waals surface area (Å²) in [5, 5.41) is 2.98. The zero-order chi connectivity index (χ0) is 12.8. The van der Waals surface area contributed by atoms with E-state index in [0.717, 1.165) is 38.7 Å². The van der Waals surface area contributed by atoms with Gasteiger partial charge in [0, 0.05) is 25.6 Å². The van der Waals surface area contributed by atoms with Crippen molar-refractivity contribution in [1.29, 1.82) is 0 Å². The zero-order valence-electron chi connectivity index (χ0n) is 11.2. The van der Waals surface area contributed by atoms with E-state index in [4.69, 9.17) is 10.5 Å². The average Bonchev–Trinajstić information content (AvgIpc) is 2.87. The van der Waals surface area contributed by atoms with Gasteiger partial charge in [0.2, 0.25) is 5.91 Å². The van der Waals surface area contributed by atoms with Gasteiger partial charge in [-0.15, -0.1) is 0 Å². The van der Waals surface area contributed by atoms with Gasteiger partial charge in [-0.1, -0.05) is 12.8 Å². The van der Waals surface area contributed by atoms with E-state index in [9.17, 15) is 4.79 Å². The summed E-state index contributed by atoms with van der Waals surface area (Å²) in [6.07, 6.45) is 8.81. The van der Waals surface area contributed by atoms with Crippen molar-refractivity contribution in [2.24, 2.45) is 11.7 Å². The fourth-order valence-corrected chi connectivity index (χ4v) is 3.05. The van der Waals surface area contributed by atoms with Crippen LogP contribution in [-0.2, 0) is 9.53 Å². The minimum atomic E-state index is 0.171. The van der Waals surface area contributed by atoms with Crippen LogP contribution in [0.15, 0.2) is 0 Å². The number of carbonyl (C=O) groups is 1. The third kappa shape index (κ3) is 4.58. The quantitative estimate of drug-likeness (QED) is 0.783. The van der Waals surface area contributed by atoms with Crippen molar-refractivity contribution < 1.29 is 9.53 Å². The van der Waals surface area contributed by atoms with Gasteiger partial charge in [-0.25, -0.2) is 0 Å². The molecule has 1 heterocycles. The largest absolute Gasteiger partial charge is 0.376 e. The molecule has 18 heavy (non-hydrogen) atoms. The Balaban J connectivity index is 1.56. The normalized spacial score (nSPS) is 32.4. The van der Waals surface area contributed by atoms with Crippen molar-refractivity contribution in [3.05, 3.63) is 0 Å². The molecular formula is C14H26N2O2. The number of ether oxygens (including phenoxy) is 1. The Hall–Kier alpha value is -0.610. The first-order valence-electron chi connectivity index (χ1n) is 7.38. The highest BCUT2D eigenvalue weighted by atomic mass is 16.5. The molecule has 0 aromatic carbocycles. The maximum absolute atomic E-state index is 11.7. The molecule has 1 aliphatic heterocycles.